The van der Waals surface area contributed by atoms with E-state index in [0.29, 0.717) is 0 Å². The van der Waals surface area contributed by atoms with Gasteiger partial charge in [-0.05, 0) is 37.3 Å². The molecule has 1 saturated heterocycles. The minimum Gasteiger partial charge on any atom is -0.443 e. The van der Waals surface area contributed by atoms with Crippen LogP contribution in [0.25, 0.3) is 0 Å². The molecule has 3 fully saturated rings. The first kappa shape index (κ1) is 19.4. The lowest BCUT2D eigenvalue weighted by atomic mass is 9.63. The summed E-state index contributed by atoms with van der Waals surface area (Å²) in [7, 11) is 0. The summed E-state index contributed by atoms with van der Waals surface area (Å²) in [5.74, 6) is -2.56. The second kappa shape index (κ2) is 6.31. The van der Waals surface area contributed by atoms with Gasteiger partial charge in [-0.1, -0.05) is 31.9 Å². The maximum atomic E-state index is 14.7. The van der Waals surface area contributed by atoms with Crippen LogP contribution >= 0.6 is 11.6 Å². The van der Waals surface area contributed by atoms with Gasteiger partial charge < -0.3 is 15.4 Å². The summed E-state index contributed by atoms with van der Waals surface area (Å²) >= 11 is 5.89. The molecule has 3 aliphatic rings. The Labute approximate surface area is 167 Å². The molecule has 0 bridgehead atoms. The number of benzene rings is 1. The van der Waals surface area contributed by atoms with Crippen molar-refractivity contribution in [2.75, 3.05) is 0 Å². The SMILES string of the molecule is C[C@@H](C(=O)N[C@H](c1c(F)ccc(Cl)c1F)C1(C)CCC1)C1C2OC(=O)N[C@@]21C. The van der Waals surface area contributed by atoms with E-state index in [9.17, 15) is 18.4 Å². The third-order valence-electron chi connectivity index (χ3n) is 6.91. The highest BCUT2D eigenvalue weighted by atomic mass is 35.5. The molecule has 0 aromatic heterocycles. The van der Waals surface area contributed by atoms with Crippen LogP contribution in [0.3, 0.4) is 0 Å². The lowest BCUT2D eigenvalue weighted by Crippen LogP contribution is -2.47. The molecule has 2 aliphatic carbocycles. The standard InChI is InChI=1S/C20H23ClF2N2O3/c1-9(13-16-20(13,3)25-18(27)28-16)17(26)24-15(19(2)7-4-8-19)12-11(22)6-5-10(21)14(12)23/h5-6,9,13,15-16H,4,7-8H2,1-3H3,(H,24,26)(H,25,27)/t9-,13?,15-,16?,20-/m1/s1. The third-order valence-corrected chi connectivity index (χ3v) is 7.20. The predicted molar refractivity (Wildman–Crippen MR) is 98.7 cm³/mol. The van der Waals surface area contributed by atoms with Crippen molar-refractivity contribution in [1.82, 2.24) is 10.6 Å². The average Bonchev–Trinajstić information content (AvgIpc) is 3.02. The first-order valence-electron chi connectivity index (χ1n) is 9.51. The van der Waals surface area contributed by atoms with Crippen molar-refractivity contribution in [2.24, 2.45) is 17.3 Å². The second-order valence-corrected chi connectivity index (χ2v) is 9.16. The van der Waals surface area contributed by atoms with Crippen LogP contribution in [0.15, 0.2) is 12.1 Å². The maximum Gasteiger partial charge on any atom is 0.408 e. The Balaban J connectivity index is 1.59. The van der Waals surface area contributed by atoms with Crippen LogP contribution in [0.5, 0.6) is 0 Å². The Hall–Kier alpha value is -1.89. The van der Waals surface area contributed by atoms with Gasteiger partial charge in [0.1, 0.15) is 17.7 Å². The molecule has 2 saturated carbocycles. The van der Waals surface area contributed by atoms with Crippen LogP contribution in [0.4, 0.5) is 13.6 Å². The largest absolute Gasteiger partial charge is 0.443 e. The molecule has 1 aromatic carbocycles. The molecule has 1 aromatic rings. The van der Waals surface area contributed by atoms with Crippen LogP contribution in [-0.4, -0.2) is 23.6 Å². The fourth-order valence-corrected chi connectivity index (χ4v) is 5.03. The number of alkyl carbamates (subject to hydrolysis) is 1. The summed E-state index contributed by atoms with van der Waals surface area (Å²) in [6.07, 6.45) is 1.59. The van der Waals surface area contributed by atoms with Crippen LogP contribution in [0.1, 0.15) is 51.6 Å². The van der Waals surface area contributed by atoms with Crippen LogP contribution in [-0.2, 0) is 9.53 Å². The Bertz CT molecular complexity index is 860. The van der Waals surface area contributed by atoms with E-state index in [1.807, 2.05) is 13.8 Å². The van der Waals surface area contributed by atoms with E-state index in [1.165, 1.54) is 6.07 Å². The minimum atomic E-state index is -0.835. The van der Waals surface area contributed by atoms with Crippen molar-refractivity contribution in [3.8, 4) is 0 Å². The van der Waals surface area contributed by atoms with Crippen LogP contribution < -0.4 is 10.6 Å². The number of fused-ring (bicyclic) bond motifs is 1. The highest BCUT2D eigenvalue weighted by Gasteiger charge is 2.72. The highest BCUT2D eigenvalue weighted by molar-refractivity contribution is 6.30. The van der Waals surface area contributed by atoms with E-state index in [2.05, 4.69) is 10.6 Å². The van der Waals surface area contributed by atoms with Gasteiger partial charge in [-0.2, -0.15) is 0 Å². The molecule has 5 atom stereocenters. The summed E-state index contributed by atoms with van der Waals surface area (Å²) in [5.41, 5.74) is -1.21. The third kappa shape index (κ3) is 2.78. The van der Waals surface area contributed by atoms with Gasteiger partial charge in [0.2, 0.25) is 5.91 Å². The molecule has 1 aliphatic heterocycles. The predicted octanol–water partition coefficient (Wildman–Crippen LogP) is 4.10. The topological polar surface area (TPSA) is 67.4 Å². The number of hydrogen-bond donors (Lipinski definition) is 2. The van der Waals surface area contributed by atoms with E-state index in [4.69, 9.17) is 16.3 Å². The Morgan fingerprint density at radius 1 is 1.36 bits per heavy atom. The summed E-state index contributed by atoms with van der Waals surface area (Å²) in [5, 5.41) is 5.44. The number of carbonyl (C=O) groups is 2. The van der Waals surface area contributed by atoms with Crippen molar-refractivity contribution in [2.45, 2.75) is 57.7 Å². The number of hydrogen-bond acceptors (Lipinski definition) is 3. The van der Waals surface area contributed by atoms with Gasteiger partial charge in [0.05, 0.1) is 16.6 Å². The molecule has 8 heteroatoms. The summed E-state index contributed by atoms with van der Waals surface area (Å²) in [6.45, 7) is 5.49. The van der Waals surface area contributed by atoms with Gasteiger partial charge in [-0.15, -0.1) is 0 Å². The van der Waals surface area contributed by atoms with Gasteiger partial charge in [0, 0.05) is 17.4 Å². The highest BCUT2D eigenvalue weighted by Crippen LogP contribution is 2.55. The zero-order chi connectivity index (χ0) is 20.4. The first-order valence-corrected chi connectivity index (χ1v) is 9.89. The number of halogens is 3. The monoisotopic (exact) mass is 412 g/mol. The number of rotatable bonds is 5. The van der Waals surface area contributed by atoms with Crippen molar-refractivity contribution >= 4 is 23.6 Å². The summed E-state index contributed by atoms with van der Waals surface area (Å²) < 4.78 is 34.5. The van der Waals surface area contributed by atoms with Crippen LogP contribution in [0, 0.1) is 28.9 Å². The molecule has 2 N–H and O–H groups in total. The molecule has 0 spiro atoms. The van der Waals surface area contributed by atoms with E-state index in [-0.39, 0.29) is 28.5 Å². The maximum absolute atomic E-state index is 14.7. The lowest BCUT2D eigenvalue weighted by molar-refractivity contribution is -0.128. The Kier molecular flexibility index (Phi) is 4.38. The number of ether oxygens (including phenoxy) is 1. The first-order chi connectivity index (χ1) is 13.1. The molecule has 1 heterocycles. The van der Waals surface area contributed by atoms with Gasteiger partial charge in [0.15, 0.2) is 0 Å². The molecule has 5 nitrogen and oxygen atoms in total. The lowest BCUT2D eigenvalue weighted by Gasteiger charge is -2.46. The van der Waals surface area contributed by atoms with E-state index in [1.54, 1.807) is 6.92 Å². The van der Waals surface area contributed by atoms with Crippen molar-refractivity contribution in [3.05, 3.63) is 34.4 Å². The summed E-state index contributed by atoms with van der Waals surface area (Å²) in [4.78, 5) is 24.3. The minimum absolute atomic E-state index is 0.174. The molecular formula is C20H23ClF2N2O3. The molecular weight excluding hydrogens is 390 g/mol. The molecule has 4 rings (SSSR count). The van der Waals surface area contributed by atoms with Crippen molar-refractivity contribution < 1.29 is 23.1 Å². The van der Waals surface area contributed by atoms with Gasteiger partial charge >= 0.3 is 6.09 Å². The van der Waals surface area contributed by atoms with E-state index >= 15 is 0 Å². The summed E-state index contributed by atoms with van der Waals surface area (Å²) in [6, 6.07) is 1.48. The fraction of sp³-hybridized carbons (Fsp3) is 0.600. The normalized spacial score (nSPS) is 31.7. The fourth-order valence-electron chi connectivity index (χ4n) is 4.86. The van der Waals surface area contributed by atoms with Gasteiger partial charge in [0.25, 0.3) is 0 Å². The number of carbonyl (C=O) groups excluding carboxylic acids is 2. The zero-order valence-electron chi connectivity index (χ0n) is 15.9. The molecule has 2 amide bonds. The Morgan fingerprint density at radius 3 is 2.57 bits per heavy atom. The number of nitrogens with one attached hydrogen (secondary N) is 2. The molecule has 152 valence electrons. The van der Waals surface area contributed by atoms with E-state index in [0.717, 1.165) is 25.3 Å². The van der Waals surface area contributed by atoms with Crippen LogP contribution in [0.2, 0.25) is 5.02 Å². The number of amides is 2. The molecule has 0 radical (unpaired) electrons. The van der Waals surface area contributed by atoms with Crippen molar-refractivity contribution in [1.29, 1.82) is 0 Å². The zero-order valence-corrected chi connectivity index (χ0v) is 16.7. The average molecular weight is 413 g/mol. The van der Waals surface area contributed by atoms with Gasteiger partial charge in [-0.3, -0.25) is 4.79 Å². The Morgan fingerprint density at radius 2 is 2.04 bits per heavy atom. The smallest absolute Gasteiger partial charge is 0.408 e. The quantitative estimate of drug-likeness (QED) is 0.715. The molecule has 2 unspecified atom stereocenters. The molecule has 28 heavy (non-hydrogen) atoms. The van der Waals surface area contributed by atoms with Crippen molar-refractivity contribution in [3.63, 3.8) is 0 Å². The van der Waals surface area contributed by atoms with E-state index < -0.39 is 40.6 Å². The second-order valence-electron chi connectivity index (χ2n) is 8.75. The van der Waals surface area contributed by atoms with Gasteiger partial charge in [-0.25, -0.2) is 13.6 Å².